The van der Waals surface area contributed by atoms with Crippen LogP contribution in [0.5, 0.6) is 0 Å². The maximum Gasteiger partial charge on any atom is 0.338 e. The summed E-state index contributed by atoms with van der Waals surface area (Å²) in [6, 6.07) is 17.1. The van der Waals surface area contributed by atoms with Crippen LogP contribution in [-0.4, -0.2) is 19.3 Å². The van der Waals surface area contributed by atoms with Gasteiger partial charge in [-0.05, 0) is 85.0 Å². The van der Waals surface area contributed by atoms with Gasteiger partial charge in [-0.3, -0.25) is 4.99 Å². The highest BCUT2D eigenvalue weighted by molar-refractivity contribution is 6.06. The van der Waals surface area contributed by atoms with Gasteiger partial charge in [0.05, 0.1) is 12.7 Å². The molecule has 0 fully saturated rings. The van der Waals surface area contributed by atoms with Crippen LogP contribution in [0.25, 0.3) is 10.8 Å². The van der Waals surface area contributed by atoms with E-state index in [4.69, 9.17) is 9.73 Å². The minimum atomic E-state index is -0.285. The summed E-state index contributed by atoms with van der Waals surface area (Å²) in [6.45, 7) is 6.34. The summed E-state index contributed by atoms with van der Waals surface area (Å²) in [7, 11) is 1.44. The molecule has 1 aliphatic heterocycles. The fourth-order valence-corrected chi connectivity index (χ4v) is 4.66. The maximum atomic E-state index is 12.4. The van der Waals surface area contributed by atoms with Crippen molar-refractivity contribution in [2.24, 2.45) is 4.99 Å². The Morgan fingerprint density at radius 2 is 1.88 bits per heavy atom. The van der Waals surface area contributed by atoms with Gasteiger partial charge in [0.15, 0.2) is 0 Å². The molecule has 0 aliphatic carbocycles. The molecule has 0 aromatic heterocycles. The number of hydrogen-bond acceptors (Lipinski definition) is 3. The Morgan fingerprint density at radius 1 is 1.03 bits per heavy atom. The van der Waals surface area contributed by atoms with Crippen molar-refractivity contribution in [1.29, 1.82) is 0 Å². The smallest absolute Gasteiger partial charge is 0.338 e. The van der Waals surface area contributed by atoms with E-state index in [-0.39, 0.29) is 11.9 Å². The zero-order valence-electron chi connectivity index (χ0n) is 19.4. The molecule has 164 valence electrons. The first-order valence-corrected chi connectivity index (χ1v) is 11.4. The van der Waals surface area contributed by atoms with E-state index in [1.165, 1.54) is 29.4 Å². The lowest BCUT2D eigenvalue weighted by atomic mass is 9.84. The monoisotopic (exact) mass is 425 g/mol. The van der Waals surface area contributed by atoms with Crippen molar-refractivity contribution in [3.8, 4) is 0 Å². The fourth-order valence-electron chi connectivity index (χ4n) is 4.66. The molecule has 1 atom stereocenters. The molecule has 0 saturated heterocycles. The summed E-state index contributed by atoms with van der Waals surface area (Å²) >= 11 is 0. The minimum absolute atomic E-state index is 0.201. The van der Waals surface area contributed by atoms with Gasteiger partial charge in [-0.25, -0.2) is 4.79 Å². The number of aryl methyl sites for hydroxylation is 2. The van der Waals surface area contributed by atoms with Gasteiger partial charge in [-0.2, -0.15) is 0 Å². The third-order valence-electron chi connectivity index (χ3n) is 6.63. The molecule has 1 aliphatic rings. The molecule has 0 spiro atoms. The van der Waals surface area contributed by atoms with Crippen molar-refractivity contribution in [3.05, 3.63) is 93.7 Å². The minimum Gasteiger partial charge on any atom is -0.465 e. The standard InChI is InChI=1S/C29H31NO2/c1-19-9-8-10-24(21(19)3)26(27-11-6-5-7-16-30-27)18-22-13-15-25-23(17-22)14-12-20(2)28(25)29(31)32-4/h8-17,26H,5-7,18H2,1-4H3. The van der Waals surface area contributed by atoms with E-state index in [1.54, 1.807) is 0 Å². The summed E-state index contributed by atoms with van der Waals surface area (Å²) in [6.07, 6.45) is 8.50. The van der Waals surface area contributed by atoms with Gasteiger partial charge in [0.2, 0.25) is 0 Å². The number of aliphatic imine (C=N–C) groups is 1. The largest absolute Gasteiger partial charge is 0.465 e. The highest BCUT2D eigenvalue weighted by atomic mass is 16.5. The zero-order valence-corrected chi connectivity index (χ0v) is 19.4. The summed E-state index contributed by atoms with van der Waals surface area (Å²) in [5.74, 6) is -0.0840. The SMILES string of the molecule is COC(=O)c1c(C)ccc2cc(CC(C3=CCCCC=N3)c3cccc(C)c3C)ccc12. The van der Waals surface area contributed by atoms with Crippen LogP contribution >= 0.6 is 0 Å². The number of methoxy groups -OCH3 is 1. The number of benzene rings is 3. The molecule has 3 heteroatoms. The normalized spacial score (nSPS) is 14.7. The molecule has 0 radical (unpaired) electrons. The summed E-state index contributed by atoms with van der Waals surface area (Å²) in [4.78, 5) is 17.2. The summed E-state index contributed by atoms with van der Waals surface area (Å²) < 4.78 is 5.03. The van der Waals surface area contributed by atoms with E-state index in [2.05, 4.69) is 68.6 Å². The second-order valence-corrected chi connectivity index (χ2v) is 8.72. The van der Waals surface area contributed by atoms with Crippen molar-refractivity contribution in [3.63, 3.8) is 0 Å². The van der Waals surface area contributed by atoms with Crippen LogP contribution in [0.3, 0.4) is 0 Å². The first kappa shape index (κ1) is 22.0. The lowest BCUT2D eigenvalue weighted by Gasteiger charge is -2.22. The number of hydrogen-bond donors (Lipinski definition) is 0. The fraction of sp³-hybridized carbons (Fsp3) is 0.310. The predicted molar refractivity (Wildman–Crippen MR) is 133 cm³/mol. The average Bonchev–Trinajstić information content (AvgIpc) is 3.08. The van der Waals surface area contributed by atoms with Crippen LogP contribution < -0.4 is 0 Å². The molecule has 4 rings (SSSR count). The van der Waals surface area contributed by atoms with Crippen LogP contribution in [0.2, 0.25) is 0 Å². The average molecular weight is 426 g/mol. The van der Waals surface area contributed by atoms with Crippen LogP contribution in [0, 0.1) is 20.8 Å². The maximum absolute atomic E-state index is 12.4. The highest BCUT2D eigenvalue weighted by Gasteiger charge is 2.21. The Hall–Kier alpha value is -3.20. The number of nitrogens with zero attached hydrogens (tertiary/aromatic N) is 1. The van der Waals surface area contributed by atoms with E-state index in [0.29, 0.717) is 5.56 Å². The zero-order chi connectivity index (χ0) is 22.7. The van der Waals surface area contributed by atoms with E-state index in [0.717, 1.165) is 47.7 Å². The van der Waals surface area contributed by atoms with Gasteiger partial charge in [0.1, 0.15) is 0 Å². The van der Waals surface area contributed by atoms with Gasteiger partial charge < -0.3 is 4.74 Å². The molecule has 3 aromatic rings. The first-order chi connectivity index (χ1) is 15.5. The second-order valence-electron chi connectivity index (χ2n) is 8.72. The van der Waals surface area contributed by atoms with Gasteiger partial charge in [0, 0.05) is 17.8 Å². The molecule has 1 heterocycles. The highest BCUT2D eigenvalue weighted by Crippen LogP contribution is 2.35. The van der Waals surface area contributed by atoms with Crippen molar-refractivity contribution in [2.75, 3.05) is 7.11 Å². The Morgan fingerprint density at radius 3 is 2.69 bits per heavy atom. The number of esters is 1. The lowest BCUT2D eigenvalue weighted by molar-refractivity contribution is 0.0602. The number of carbonyl (C=O) groups excluding carboxylic acids is 1. The molecule has 0 bridgehead atoms. The summed E-state index contributed by atoms with van der Waals surface area (Å²) in [5, 5.41) is 2.00. The third-order valence-corrected chi connectivity index (χ3v) is 6.63. The quantitative estimate of drug-likeness (QED) is 0.412. The van der Waals surface area contributed by atoms with E-state index < -0.39 is 0 Å². The number of rotatable bonds is 5. The predicted octanol–water partition coefficient (Wildman–Crippen LogP) is 7.02. The van der Waals surface area contributed by atoms with Crippen LogP contribution in [0.15, 0.2) is 65.3 Å². The first-order valence-electron chi connectivity index (χ1n) is 11.4. The van der Waals surface area contributed by atoms with Gasteiger partial charge in [0.25, 0.3) is 0 Å². The third kappa shape index (κ3) is 4.38. The Bertz CT molecular complexity index is 1220. The van der Waals surface area contributed by atoms with Crippen molar-refractivity contribution in [1.82, 2.24) is 0 Å². The molecule has 0 amide bonds. The topological polar surface area (TPSA) is 38.7 Å². The lowest BCUT2D eigenvalue weighted by Crippen LogP contribution is -2.09. The number of allylic oxidation sites excluding steroid dienone is 2. The van der Waals surface area contributed by atoms with E-state index in [9.17, 15) is 4.79 Å². The van der Waals surface area contributed by atoms with Crippen molar-refractivity contribution >= 4 is 23.0 Å². The molecular formula is C29H31NO2. The van der Waals surface area contributed by atoms with Crippen LogP contribution in [0.1, 0.15) is 63.4 Å². The van der Waals surface area contributed by atoms with E-state index >= 15 is 0 Å². The van der Waals surface area contributed by atoms with Crippen LogP contribution in [-0.2, 0) is 11.2 Å². The molecule has 32 heavy (non-hydrogen) atoms. The van der Waals surface area contributed by atoms with Gasteiger partial charge in [-0.15, -0.1) is 0 Å². The number of carbonyl (C=O) groups is 1. The molecule has 3 aromatic carbocycles. The molecule has 0 N–H and O–H groups in total. The molecular weight excluding hydrogens is 394 g/mol. The van der Waals surface area contributed by atoms with Gasteiger partial charge >= 0.3 is 5.97 Å². The van der Waals surface area contributed by atoms with Crippen molar-refractivity contribution in [2.45, 2.75) is 52.4 Å². The Balaban J connectivity index is 1.78. The van der Waals surface area contributed by atoms with Gasteiger partial charge in [-0.1, -0.05) is 54.6 Å². The summed E-state index contributed by atoms with van der Waals surface area (Å²) in [5.41, 5.74) is 7.97. The van der Waals surface area contributed by atoms with Crippen LogP contribution in [0.4, 0.5) is 0 Å². The second kappa shape index (κ2) is 9.52. The number of fused-ring (bicyclic) bond motifs is 1. The molecule has 1 unspecified atom stereocenters. The number of ether oxygens (including phenoxy) is 1. The Kier molecular flexibility index (Phi) is 6.55. The van der Waals surface area contributed by atoms with Crippen molar-refractivity contribution < 1.29 is 9.53 Å². The molecule has 0 saturated carbocycles. The molecule has 3 nitrogen and oxygen atoms in total. The van der Waals surface area contributed by atoms with E-state index in [1.807, 2.05) is 13.0 Å². The Labute approximate surface area is 190 Å².